The van der Waals surface area contributed by atoms with Gasteiger partial charge in [-0.2, -0.15) is 0 Å². The molecule has 0 spiro atoms. The van der Waals surface area contributed by atoms with Gasteiger partial charge >= 0.3 is 5.69 Å². The molecule has 1 fully saturated rings. The highest BCUT2D eigenvalue weighted by Crippen LogP contribution is 2.34. The number of ether oxygens (including phenoxy) is 4. The van der Waals surface area contributed by atoms with E-state index in [1.807, 2.05) is 4.98 Å². The number of unbranched alkanes of at least 4 members (excludes halogenated alkanes) is 1. The number of nitrogens with two attached hydrogens (primary N) is 3. The fraction of sp³-hybridized carbons (Fsp3) is 0.609. The van der Waals surface area contributed by atoms with E-state index in [1.165, 1.54) is 7.11 Å². The first-order chi connectivity index (χ1) is 19.4. The lowest BCUT2D eigenvalue weighted by atomic mass is 10.0. The van der Waals surface area contributed by atoms with Gasteiger partial charge in [-0.1, -0.05) is 0 Å². The first-order valence-corrected chi connectivity index (χ1v) is 12.6. The van der Waals surface area contributed by atoms with Gasteiger partial charge in [-0.3, -0.25) is 28.7 Å². The van der Waals surface area contributed by atoms with Gasteiger partial charge in [0.25, 0.3) is 11.5 Å². The standard InChI is InChI=1S/C23H34N6O12/c1-38-15-14(33)21(29-7-5-12(31)28-23(29)37)40-16(15)17(19(26)35)41-22-13(32)10(30)8-11(39-22)20(36)27-9(18(25)34)4-2-3-6-24/h5,7-10,13-17,21-22,30,32-33H,2-4,6,24H2,1H3,(H2,25,34)(H2,26,35)(H,27,36)(H,28,31,37). The van der Waals surface area contributed by atoms with Crippen molar-refractivity contribution in [3.05, 3.63) is 44.9 Å². The van der Waals surface area contributed by atoms with Gasteiger partial charge in [-0.25, -0.2) is 4.79 Å². The molecule has 1 saturated heterocycles. The van der Waals surface area contributed by atoms with Crippen LogP contribution in [0.25, 0.3) is 0 Å². The normalized spacial score (nSPS) is 29.2. The van der Waals surface area contributed by atoms with Crippen molar-refractivity contribution in [1.82, 2.24) is 14.9 Å². The molecular formula is C23H34N6O12. The van der Waals surface area contributed by atoms with Gasteiger partial charge in [0, 0.05) is 19.4 Å². The lowest BCUT2D eigenvalue weighted by Gasteiger charge is -2.35. The van der Waals surface area contributed by atoms with E-state index in [0.29, 0.717) is 19.4 Å². The van der Waals surface area contributed by atoms with Crippen LogP contribution in [0.15, 0.2) is 33.7 Å². The molecule has 1 aromatic rings. The van der Waals surface area contributed by atoms with Crippen molar-refractivity contribution < 1.29 is 48.7 Å². The highest BCUT2D eigenvalue weighted by Gasteiger charge is 2.52. The number of aliphatic hydroxyl groups is 3. The van der Waals surface area contributed by atoms with Gasteiger partial charge in [0.1, 0.15) is 36.6 Å². The molecule has 9 atom stereocenters. The molecule has 2 aliphatic heterocycles. The van der Waals surface area contributed by atoms with Crippen LogP contribution in [0.1, 0.15) is 25.5 Å². The van der Waals surface area contributed by atoms with Crippen LogP contribution in [-0.2, 0) is 33.3 Å². The van der Waals surface area contributed by atoms with E-state index in [9.17, 15) is 39.3 Å². The van der Waals surface area contributed by atoms with Crippen LogP contribution in [-0.4, -0.2) is 105 Å². The van der Waals surface area contributed by atoms with Crippen LogP contribution >= 0.6 is 0 Å². The maximum Gasteiger partial charge on any atom is 0.330 e. The maximum absolute atomic E-state index is 12.8. The zero-order valence-electron chi connectivity index (χ0n) is 22.0. The van der Waals surface area contributed by atoms with Gasteiger partial charge in [0.05, 0.1) is 0 Å². The van der Waals surface area contributed by atoms with Crippen molar-refractivity contribution in [2.45, 2.75) is 74.4 Å². The number of carbonyl (C=O) groups excluding carboxylic acids is 3. The number of rotatable bonds is 13. The third-order valence-electron chi connectivity index (χ3n) is 6.52. The Morgan fingerprint density at radius 2 is 1.85 bits per heavy atom. The monoisotopic (exact) mass is 586 g/mol. The van der Waals surface area contributed by atoms with Crippen molar-refractivity contribution in [3.63, 3.8) is 0 Å². The number of aromatic nitrogens is 2. The summed E-state index contributed by atoms with van der Waals surface area (Å²) in [5.74, 6) is -3.54. The zero-order chi connectivity index (χ0) is 30.4. The Hall–Kier alpha value is -3.65. The number of hydrogen-bond acceptors (Lipinski definition) is 13. The van der Waals surface area contributed by atoms with Crippen molar-refractivity contribution >= 4 is 17.7 Å². The minimum absolute atomic E-state index is 0.180. The van der Waals surface area contributed by atoms with Gasteiger partial charge in [0.15, 0.2) is 18.1 Å². The summed E-state index contributed by atoms with van der Waals surface area (Å²) in [4.78, 5) is 62.7. The number of aromatic amines is 1. The van der Waals surface area contributed by atoms with E-state index in [0.717, 1.165) is 22.9 Å². The molecule has 0 bridgehead atoms. The number of nitrogens with one attached hydrogen (secondary N) is 2. The number of aliphatic hydroxyl groups excluding tert-OH is 3. The molecule has 0 aliphatic carbocycles. The molecule has 0 aromatic carbocycles. The molecule has 41 heavy (non-hydrogen) atoms. The second-order valence-corrected chi connectivity index (χ2v) is 9.37. The molecule has 3 rings (SSSR count). The molecule has 1 aromatic heterocycles. The molecular weight excluding hydrogens is 552 g/mol. The number of hydrogen-bond donors (Lipinski definition) is 8. The Bertz CT molecular complexity index is 1250. The first-order valence-electron chi connectivity index (χ1n) is 12.6. The third-order valence-corrected chi connectivity index (χ3v) is 6.52. The Balaban J connectivity index is 1.80. The van der Waals surface area contributed by atoms with Crippen LogP contribution < -0.4 is 33.8 Å². The molecule has 3 heterocycles. The average molecular weight is 587 g/mol. The van der Waals surface area contributed by atoms with E-state index >= 15 is 0 Å². The zero-order valence-corrected chi connectivity index (χ0v) is 22.0. The second kappa shape index (κ2) is 13.8. The van der Waals surface area contributed by atoms with E-state index in [1.54, 1.807) is 0 Å². The van der Waals surface area contributed by atoms with Gasteiger partial charge in [0.2, 0.25) is 18.1 Å². The van der Waals surface area contributed by atoms with Crippen molar-refractivity contribution in [3.8, 4) is 0 Å². The van der Waals surface area contributed by atoms with Crippen LogP contribution in [0.5, 0.6) is 0 Å². The van der Waals surface area contributed by atoms with Crippen molar-refractivity contribution in [2.75, 3.05) is 13.7 Å². The average Bonchev–Trinajstić information content (AvgIpc) is 3.23. The van der Waals surface area contributed by atoms with Gasteiger partial charge in [-0.15, -0.1) is 0 Å². The Kier molecular flexibility index (Phi) is 10.7. The number of amides is 3. The van der Waals surface area contributed by atoms with Crippen LogP contribution in [0.2, 0.25) is 0 Å². The fourth-order valence-corrected chi connectivity index (χ4v) is 4.40. The summed E-state index contributed by atoms with van der Waals surface area (Å²) in [5, 5.41) is 34.0. The highest BCUT2D eigenvalue weighted by atomic mass is 16.7. The summed E-state index contributed by atoms with van der Waals surface area (Å²) in [6, 6.07) is -0.0910. The quantitative estimate of drug-likeness (QED) is 0.100. The van der Waals surface area contributed by atoms with Crippen molar-refractivity contribution in [1.29, 1.82) is 0 Å². The predicted octanol–water partition coefficient (Wildman–Crippen LogP) is -5.26. The molecule has 18 heteroatoms. The summed E-state index contributed by atoms with van der Waals surface area (Å²) in [7, 11) is 1.17. The minimum atomic E-state index is -1.88. The number of methoxy groups -OCH3 is 1. The van der Waals surface area contributed by atoms with E-state index < -0.39 is 89.9 Å². The molecule has 3 amide bonds. The number of nitrogens with zero attached hydrogens (tertiary/aromatic N) is 1. The molecule has 11 N–H and O–H groups in total. The molecule has 18 nitrogen and oxygen atoms in total. The number of H-pyrrole nitrogens is 1. The molecule has 0 saturated carbocycles. The summed E-state index contributed by atoms with van der Waals surface area (Å²) in [6.07, 6.45) is -10.00. The van der Waals surface area contributed by atoms with Gasteiger partial charge < -0.3 is 56.8 Å². The van der Waals surface area contributed by atoms with E-state index in [4.69, 9.17) is 36.1 Å². The lowest BCUT2D eigenvalue weighted by Crippen LogP contribution is -2.54. The summed E-state index contributed by atoms with van der Waals surface area (Å²) in [6.45, 7) is 0.367. The topological polar surface area (TPSA) is 294 Å². The number of primary amides is 2. The minimum Gasteiger partial charge on any atom is -0.456 e. The Morgan fingerprint density at radius 1 is 1.15 bits per heavy atom. The first kappa shape index (κ1) is 31.9. The highest BCUT2D eigenvalue weighted by molar-refractivity contribution is 5.95. The van der Waals surface area contributed by atoms with E-state index in [-0.39, 0.29) is 6.42 Å². The van der Waals surface area contributed by atoms with E-state index in [2.05, 4.69) is 5.32 Å². The Morgan fingerprint density at radius 3 is 2.44 bits per heavy atom. The third kappa shape index (κ3) is 7.36. The molecule has 2 aliphatic rings. The second-order valence-electron chi connectivity index (χ2n) is 9.37. The largest absolute Gasteiger partial charge is 0.456 e. The van der Waals surface area contributed by atoms with Gasteiger partial charge in [-0.05, 0) is 31.9 Å². The predicted molar refractivity (Wildman–Crippen MR) is 135 cm³/mol. The lowest BCUT2D eigenvalue weighted by molar-refractivity contribution is -0.241. The number of carbonyl (C=O) groups is 3. The molecule has 0 radical (unpaired) electrons. The van der Waals surface area contributed by atoms with Crippen LogP contribution in [0.3, 0.4) is 0 Å². The molecule has 9 unspecified atom stereocenters. The van der Waals surface area contributed by atoms with Crippen molar-refractivity contribution in [2.24, 2.45) is 17.2 Å². The SMILES string of the molecule is COC1C(O)C(n2ccc(=O)[nH]c2=O)OC1C(OC1OC(C(=O)NC(CCCCN)C(N)=O)=CC(O)C1O)C(N)=O. The van der Waals surface area contributed by atoms with Crippen LogP contribution in [0.4, 0.5) is 0 Å². The Labute approximate surface area is 232 Å². The molecule has 228 valence electrons. The van der Waals surface area contributed by atoms with Crippen LogP contribution in [0, 0.1) is 0 Å². The summed E-state index contributed by atoms with van der Waals surface area (Å²) >= 11 is 0. The fourth-order valence-electron chi connectivity index (χ4n) is 4.40. The maximum atomic E-state index is 12.8. The summed E-state index contributed by atoms with van der Waals surface area (Å²) < 4.78 is 22.8. The summed E-state index contributed by atoms with van der Waals surface area (Å²) in [5.41, 5.74) is 14.7. The smallest absolute Gasteiger partial charge is 0.330 e.